The normalized spacial score (nSPS) is 11.4. The zero-order valence-corrected chi connectivity index (χ0v) is 18.0. The van der Waals surface area contributed by atoms with Crippen molar-refractivity contribution in [3.05, 3.63) is 83.9 Å². The van der Waals surface area contributed by atoms with Crippen molar-refractivity contribution in [1.29, 1.82) is 0 Å². The molecule has 0 bridgehead atoms. The van der Waals surface area contributed by atoms with E-state index in [0.29, 0.717) is 11.3 Å². The Morgan fingerprint density at radius 1 is 0.867 bits per heavy atom. The van der Waals surface area contributed by atoms with E-state index in [9.17, 15) is 9.59 Å². The van der Waals surface area contributed by atoms with Crippen LogP contribution in [0.25, 0.3) is 0 Å². The molecule has 6 heteroatoms. The van der Waals surface area contributed by atoms with Gasteiger partial charge in [0, 0.05) is 21.8 Å². The number of hydrogen-bond acceptors (Lipinski definition) is 4. The Balaban J connectivity index is 1.55. The Labute approximate surface area is 180 Å². The lowest BCUT2D eigenvalue weighted by Crippen LogP contribution is -2.22. The standard InChI is InChI=1S/C24H24N2O3S/c1-16-6-4-5-7-22(16)24(28)26-19-10-14-21(15-11-19)30-17(2)23(27)25-18-8-12-20(29-3)13-9-18/h4-15,17H,1-3H3,(H,25,27)(H,26,28). The maximum Gasteiger partial charge on any atom is 0.255 e. The average Bonchev–Trinajstić information content (AvgIpc) is 2.75. The first-order valence-corrected chi connectivity index (χ1v) is 10.4. The number of thioether (sulfide) groups is 1. The Hall–Kier alpha value is -3.25. The Kier molecular flexibility index (Phi) is 7.14. The zero-order valence-electron chi connectivity index (χ0n) is 17.1. The first-order chi connectivity index (χ1) is 14.5. The van der Waals surface area contributed by atoms with Gasteiger partial charge >= 0.3 is 0 Å². The number of carbonyl (C=O) groups excluding carboxylic acids is 2. The fraction of sp³-hybridized carbons (Fsp3) is 0.167. The van der Waals surface area contributed by atoms with Gasteiger partial charge in [-0.2, -0.15) is 0 Å². The zero-order chi connectivity index (χ0) is 21.5. The van der Waals surface area contributed by atoms with Crippen molar-refractivity contribution >= 4 is 35.0 Å². The molecule has 3 aromatic rings. The Morgan fingerprint density at radius 3 is 2.10 bits per heavy atom. The molecule has 0 aliphatic heterocycles. The van der Waals surface area contributed by atoms with Crippen LogP contribution in [0.3, 0.4) is 0 Å². The Bertz CT molecular complexity index is 1020. The van der Waals surface area contributed by atoms with Gasteiger partial charge in [0.2, 0.25) is 5.91 Å². The second-order valence-electron chi connectivity index (χ2n) is 6.77. The van der Waals surface area contributed by atoms with Crippen LogP contribution in [-0.2, 0) is 4.79 Å². The molecule has 3 rings (SSSR count). The van der Waals surface area contributed by atoms with Gasteiger partial charge in [-0.15, -0.1) is 11.8 Å². The highest BCUT2D eigenvalue weighted by atomic mass is 32.2. The van der Waals surface area contributed by atoms with E-state index in [2.05, 4.69) is 10.6 Å². The van der Waals surface area contributed by atoms with E-state index in [0.717, 1.165) is 21.9 Å². The van der Waals surface area contributed by atoms with Gasteiger partial charge < -0.3 is 15.4 Å². The second-order valence-corrected chi connectivity index (χ2v) is 8.19. The van der Waals surface area contributed by atoms with Crippen molar-refractivity contribution in [2.75, 3.05) is 17.7 Å². The summed E-state index contributed by atoms with van der Waals surface area (Å²) in [6.07, 6.45) is 0. The summed E-state index contributed by atoms with van der Waals surface area (Å²) >= 11 is 1.46. The topological polar surface area (TPSA) is 67.4 Å². The summed E-state index contributed by atoms with van der Waals surface area (Å²) in [7, 11) is 1.60. The lowest BCUT2D eigenvalue weighted by molar-refractivity contribution is -0.115. The molecule has 1 unspecified atom stereocenters. The number of nitrogens with one attached hydrogen (secondary N) is 2. The molecule has 30 heavy (non-hydrogen) atoms. The molecule has 0 aromatic heterocycles. The number of amides is 2. The molecule has 154 valence electrons. The van der Waals surface area contributed by atoms with Crippen molar-refractivity contribution in [3.8, 4) is 5.75 Å². The number of carbonyl (C=O) groups is 2. The van der Waals surface area contributed by atoms with Gasteiger partial charge in [-0.3, -0.25) is 9.59 Å². The van der Waals surface area contributed by atoms with Crippen molar-refractivity contribution in [3.63, 3.8) is 0 Å². The molecule has 5 nitrogen and oxygen atoms in total. The van der Waals surface area contributed by atoms with Crippen LogP contribution in [0, 0.1) is 6.92 Å². The van der Waals surface area contributed by atoms with Crippen molar-refractivity contribution < 1.29 is 14.3 Å². The number of anilines is 2. The van der Waals surface area contributed by atoms with Gasteiger partial charge in [-0.1, -0.05) is 18.2 Å². The van der Waals surface area contributed by atoms with E-state index in [1.807, 2.05) is 56.3 Å². The van der Waals surface area contributed by atoms with Gasteiger partial charge in [-0.05, 0) is 74.0 Å². The third-order valence-corrected chi connectivity index (χ3v) is 5.65. The van der Waals surface area contributed by atoms with Crippen LogP contribution in [0.1, 0.15) is 22.8 Å². The maximum absolute atomic E-state index is 12.5. The van der Waals surface area contributed by atoms with Crippen LogP contribution in [0.15, 0.2) is 77.7 Å². The van der Waals surface area contributed by atoms with Crippen molar-refractivity contribution in [2.45, 2.75) is 24.0 Å². The quantitative estimate of drug-likeness (QED) is 0.504. The molecule has 0 saturated heterocycles. The first kappa shape index (κ1) is 21.5. The summed E-state index contributed by atoms with van der Waals surface area (Å²) in [6.45, 7) is 3.77. The monoisotopic (exact) mass is 420 g/mol. The second kappa shape index (κ2) is 9.98. The summed E-state index contributed by atoms with van der Waals surface area (Å²) < 4.78 is 5.12. The van der Waals surface area contributed by atoms with Crippen molar-refractivity contribution in [2.24, 2.45) is 0 Å². The fourth-order valence-electron chi connectivity index (χ4n) is 2.82. The summed E-state index contributed by atoms with van der Waals surface area (Å²) in [4.78, 5) is 25.8. The van der Waals surface area contributed by atoms with E-state index in [4.69, 9.17) is 4.74 Å². The molecule has 0 aliphatic rings. The van der Waals surface area contributed by atoms with Crippen LogP contribution in [0.5, 0.6) is 5.75 Å². The van der Waals surface area contributed by atoms with E-state index >= 15 is 0 Å². The molecule has 2 amide bonds. The highest BCUT2D eigenvalue weighted by molar-refractivity contribution is 8.00. The predicted molar refractivity (Wildman–Crippen MR) is 123 cm³/mol. The Morgan fingerprint density at radius 2 is 1.47 bits per heavy atom. The number of ether oxygens (including phenoxy) is 1. The first-order valence-electron chi connectivity index (χ1n) is 9.55. The van der Waals surface area contributed by atoms with E-state index in [1.165, 1.54) is 11.8 Å². The molecule has 0 saturated carbocycles. The third-order valence-electron chi connectivity index (χ3n) is 4.54. The van der Waals surface area contributed by atoms with Crippen LogP contribution in [-0.4, -0.2) is 24.2 Å². The number of methoxy groups -OCH3 is 1. The molecule has 0 heterocycles. The summed E-state index contributed by atoms with van der Waals surface area (Å²) in [5.74, 6) is 0.521. The predicted octanol–water partition coefficient (Wildman–Crippen LogP) is 5.38. The lowest BCUT2D eigenvalue weighted by atomic mass is 10.1. The molecule has 0 spiro atoms. The third kappa shape index (κ3) is 5.64. The van der Waals surface area contributed by atoms with E-state index in [-0.39, 0.29) is 17.1 Å². The highest BCUT2D eigenvalue weighted by Crippen LogP contribution is 2.26. The minimum atomic E-state index is -0.278. The van der Waals surface area contributed by atoms with Gasteiger partial charge in [0.05, 0.1) is 12.4 Å². The number of benzene rings is 3. The van der Waals surface area contributed by atoms with Crippen LogP contribution in [0.2, 0.25) is 0 Å². The van der Waals surface area contributed by atoms with Gasteiger partial charge in [0.15, 0.2) is 0 Å². The molecule has 0 aliphatic carbocycles. The summed E-state index contributed by atoms with van der Waals surface area (Å²) in [6, 6.07) is 22.2. The largest absolute Gasteiger partial charge is 0.497 e. The average molecular weight is 421 g/mol. The summed E-state index contributed by atoms with van der Waals surface area (Å²) in [5.41, 5.74) is 3.02. The van der Waals surface area contributed by atoms with Gasteiger partial charge in [-0.25, -0.2) is 0 Å². The molecule has 0 radical (unpaired) electrons. The van der Waals surface area contributed by atoms with Crippen LogP contribution >= 0.6 is 11.8 Å². The van der Waals surface area contributed by atoms with Gasteiger partial charge in [0.1, 0.15) is 5.75 Å². The smallest absolute Gasteiger partial charge is 0.255 e. The highest BCUT2D eigenvalue weighted by Gasteiger charge is 2.15. The van der Waals surface area contributed by atoms with Crippen molar-refractivity contribution in [1.82, 2.24) is 0 Å². The maximum atomic E-state index is 12.5. The lowest BCUT2D eigenvalue weighted by Gasteiger charge is -2.13. The number of hydrogen-bond donors (Lipinski definition) is 2. The summed E-state index contributed by atoms with van der Waals surface area (Å²) in [5, 5.41) is 5.53. The minimum absolute atomic E-state index is 0.0814. The molecule has 2 N–H and O–H groups in total. The molecule has 0 fully saturated rings. The molecular formula is C24H24N2O3S. The van der Waals surface area contributed by atoms with Gasteiger partial charge in [0.25, 0.3) is 5.91 Å². The van der Waals surface area contributed by atoms with E-state index in [1.54, 1.807) is 37.4 Å². The molecule has 3 aromatic carbocycles. The minimum Gasteiger partial charge on any atom is -0.497 e. The number of rotatable bonds is 7. The molecule has 1 atom stereocenters. The van der Waals surface area contributed by atoms with Crippen LogP contribution < -0.4 is 15.4 Å². The fourth-order valence-corrected chi connectivity index (χ4v) is 3.69. The van der Waals surface area contributed by atoms with Crippen LogP contribution in [0.4, 0.5) is 11.4 Å². The SMILES string of the molecule is COc1ccc(NC(=O)C(C)Sc2ccc(NC(=O)c3ccccc3C)cc2)cc1. The van der Waals surface area contributed by atoms with E-state index < -0.39 is 0 Å². The molecular weight excluding hydrogens is 396 g/mol. The number of aryl methyl sites for hydroxylation is 1.